The lowest BCUT2D eigenvalue weighted by Crippen LogP contribution is -2.45. The topological polar surface area (TPSA) is 50.2 Å². The highest BCUT2D eigenvalue weighted by Gasteiger charge is 2.44. The van der Waals surface area contributed by atoms with Crippen molar-refractivity contribution in [3.63, 3.8) is 0 Å². The second-order valence-corrected chi connectivity index (χ2v) is 8.56. The first-order valence-electron chi connectivity index (χ1n) is 9.66. The van der Waals surface area contributed by atoms with E-state index in [2.05, 4.69) is 32.4 Å². The number of nitrogens with zero attached hydrogens (tertiary/aromatic N) is 3. The Morgan fingerprint density at radius 3 is 2.69 bits per heavy atom. The molecule has 0 radical (unpaired) electrons. The van der Waals surface area contributed by atoms with Crippen LogP contribution in [-0.2, 0) is 0 Å². The lowest BCUT2D eigenvalue weighted by molar-refractivity contribution is 0.0743. The van der Waals surface area contributed by atoms with E-state index in [4.69, 9.17) is 5.10 Å². The third-order valence-electron chi connectivity index (χ3n) is 6.10. The van der Waals surface area contributed by atoms with E-state index in [1.54, 1.807) is 0 Å². The number of carbonyl (C=O) groups excluding carboxylic acids is 1. The van der Waals surface area contributed by atoms with Crippen LogP contribution in [0.3, 0.4) is 0 Å². The molecule has 136 valence electrons. The molecule has 5 nitrogen and oxygen atoms in total. The quantitative estimate of drug-likeness (QED) is 0.820. The van der Waals surface area contributed by atoms with Gasteiger partial charge in [0.05, 0.1) is 11.4 Å². The van der Waals surface area contributed by atoms with Gasteiger partial charge in [-0.05, 0) is 66.1 Å². The van der Waals surface area contributed by atoms with Gasteiger partial charge in [-0.2, -0.15) is 5.10 Å². The van der Waals surface area contributed by atoms with Gasteiger partial charge in [-0.3, -0.25) is 10.2 Å². The van der Waals surface area contributed by atoms with Crippen LogP contribution in [0.1, 0.15) is 72.1 Å². The van der Waals surface area contributed by atoms with Crippen LogP contribution in [0.4, 0.5) is 0 Å². The number of benzene rings is 1. The number of para-hydroxylation sites is 1. The maximum atomic E-state index is 13.0. The van der Waals surface area contributed by atoms with Crippen molar-refractivity contribution in [2.24, 2.45) is 0 Å². The highest BCUT2D eigenvalue weighted by molar-refractivity contribution is 9.10. The standard InChI is InChI=1S/C20H23BrN4O/c21-15-6-2-3-7-16(15)25-19-14-9-8-13(12-14)17(19)18(22-25)20(26)23-24-10-4-1-5-11-24/h2-3,6-7,13-14H,1,4-5,8-12H2,(H,23,26)/t13-,14-/m0/s1. The molecule has 1 amide bonds. The molecule has 2 aliphatic carbocycles. The maximum absolute atomic E-state index is 13.0. The second-order valence-electron chi connectivity index (χ2n) is 7.71. The fourth-order valence-electron chi connectivity index (χ4n) is 4.91. The molecule has 0 unspecified atom stereocenters. The van der Waals surface area contributed by atoms with Gasteiger partial charge in [0.2, 0.25) is 0 Å². The van der Waals surface area contributed by atoms with Crippen LogP contribution >= 0.6 is 15.9 Å². The van der Waals surface area contributed by atoms with Gasteiger partial charge in [0.1, 0.15) is 0 Å². The third-order valence-corrected chi connectivity index (χ3v) is 6.77. The number of fused-ring (bicyclic) bond motifs is 5. The van der Waals surface area contributed by atoms with Gasteiger partial charge < -0.3 is 0 Å². The zero-order valence-corrected chi connectivity index (χ0v) is 16.3. The summed E-state index contributed by atoms with van der Waals surface area (Å²) in [7, 11) is 0. The van der Waals surface area contributed by atoms with E-state index in [-0.39, 0.29) is 5.91 Å². The number of amides is 1. The summed E-state index contributed by atoms with van der Waals surface area (Å²) in [6.07, 6.45) is 7.11. The molecule has 2 aromatic rings. The minimum atomic E-state index is -0.0403. The van der Waals surface area contributed by atoms with E-state index in [9.17, 15) is 4.79 Å². The Morgan fingerprint density at radius 1 is 1.12 bits per heavy atom. The van der Waals surface area contributed by atoms with Crippen LogP contribution in [0, 0.1) is 0 Å². The van der Waals surface area contributed by atoms with Crippen LogP contribution in [-0.4, -0.2) is 33.8 Å². The van der Waals surface area contributed by atoms with Crippen LogP contribution in [0.5, 0.6) is 0 Å². The summed E-state index contributed by atoms with van der Waals surface area (Å²) in [4.78, 5) is 13.0. The fraction of sp³-hybridized carbons (Fsp3) is 0.500. The van der Waals surface area contributed by atoms with Crippen molar-refractivity contribution < 1.29 is 4.79 Å². The molecule has 5 rings (SSSR count). The zero-order valence-electron chi connectivity index (χ0n) is 14.7. The molecule has 1 N–H and O–H groups in total. The molecule has 3 aliphatic rings. The number of hydrogen-bond acceptors (Lipinski definition) is 3. The molecular formula is C20H23BrN4O. The maximum Gasteiger partial charge on any atom is 0.286 e. The van der Waals surface area contributed by atoms with Gasteiger partial charge >= 0.3 is 0 Å². The molecule has 1 saturated carbocycles. The first-order valence-corrected chi connectivity index (χ1v) is 10.5. The molecule has 6 heteroatoms. The smallest absolute Gasteiger partial charge is 0.283 e. The first kappa shape index (κ1) is 16.5. The predicted molar refractivity (Wildman–Crippen MR) is 103 cm³/mol. The van der Waals surface area contributed by atoms with Crippen molar-refractivity contribution in [2.75, 3.05) is 13.1 Å². The number of carbonyl (C=O) groups is 1. The lowest BCUT2D eigenvalue weighted by Gasteiger charge is -2.26. The fourth-order valence-corrected chi connectivity index (χ4v) is 5.36. The number of piperidine rings is 1. The molecule has 1 aromatic carbocycles. The highest BCUT2D eigenvalue weighted by atomic mass is 79.9. The van der Waals surface area contributed by atoms with Crippen LogP contribution < -0.4 is 5.43 Å². The number of hydrogen-bond donors (Lipinski definition) is 1. The molecule has 1 aliphatic heterocycles. The number of rotatable bonds is 3. The normalized spacial score (nSPS) is 24.7. The molecule has 2 heterocycles. The van der Waals surface area contributed by atoms with Gasteiger partial charge in [0, 0.05) is 29.0 Å². The summed E-state index contributed by atoms with van der Waals surface area (Å²) in [6.45, 7) is 1.87. The third kappa shape index (κ3) is 2.62. The molecule has 1 saturated heterocycles. The summed E-state index contributed by atoms with van der Waals surface area (Å²) >= 11 is 3.65. The van der Waals surface area contributed by atoms with E-state index in [0.29, 0.717) is 17.5 Å². The van der Waals surface area contributed by atoms with Crippen molar-refractivity contribution in [1.82, 2.24) is 20.2 Å². The highest BCUT2D eigenvalue weighted by Crippen LogP contribution is 2.54. The molecule has 2 atom stereocenters. The van der Waals surface area contributed by atoms with E-state index >= 15 is 0 Å². The van der Waals surface area contributed by atoms with Gasteiger partial charge in [0.25, 0.3) is 5.91 Å². The van der Waals surface area contributed by atoms with Crippen molar-refractivity contribution in [1.29, 1.82) is 0 Å². The molecule has 26 heavy (non-hydrogen) atoms. The molecule has 1 aromatic heterocycles. The average molecular weight is 415 g/mol. The van der Waals surface area contributed by atoms with E-state index in [1.807, 2.05) is 22.9 Å². The summed E-state index contributed by atoms with van der Waals surface area (Å²) in [6, 6.07) is 8.13. The minimum absolute atomic E-state index is 0.0403. The number of nitrogens with one attached hydrogen (secondary N) is 1. The monoisotopic (exact) mass is 414 g/mol. The van der Waals surface area contributed by atoms with E-state index in [0.717, 1.165) is 36.1 Å². The van der Waals surface area contributed by atoms with Crippen molar-refractivity contribution in [3.05, 3.63) is 45.7 Å². The Bertz CT molecular complexity index is 855. The van der Waals surface area contributed by atoms with Crippen molar-refractivity contribution in [3.8, 4) is 5.69 Å². The Labute approximate surface area is 161 Å². The minimum Gasteiger partial charge on any atom is -0.283 e. The molecule has 0 spiro atoms. The van der Waals surface area contributed by atoms with Crippen LogP contribution in [0.15, 0.2) is 28.7 Å². The average Bonchev–Trinajstić information content (AvgIpc) is 3.36. The summed E-state index contributed by atoms with van der Waals surface area (Å²) in [5, 5.41) is 6.88. The Kier molecular flexibility index (Phi) is 4.13. The Hall–Kier alpha value is -1.66. The second kappa shape index (κ2) is 6.50. The van der Waals surface area contributed by atoms with E-state index in [1.165, 1.54) is 36.9 Å². The zero-order chi connectivity index (χ0) is 17.7. The molecule has 2 bridgehead atoms. The van der Waals surface area contributed by atoms with E-state index < -0.39 is 0 Å². The number of halogens is 1. The van der Waals surface area contributed by atoms with Gasteiger partial charge in [-0.25, -0.2) is 9.69 Å². The summed E-state index contributed by atoms with van der Waals surface area (Å²) < 4.78 is 3.03. The predicted octanol–water partition coefficient (Wildman–Crippen LogP) is 4.13. The van der Waals surface area contributed by atoms with Gasteiger partial charge in [-0.1, -0.05) is 18.6 Å². The largest absolute Gasteiger partial charge is 0.286 e. The SMILES string of the molecule is O=C(NN1CCCCC1)c1nn(-c2ccccc2Br)c2c1[C@H]1CC[C@H]2C1. The first-order chi connectivity index (χ1) is 12.7. The van der Waals surface area contributed by atoms with Crippen molar-refractivity contribution >= 4 is 21.8 Å². The number of hydrazine groups is 1. The summed E-state index contributed by atoms with van der Waals surface area (Å²) in [5.74, 6) is 0.987. The van der Waals surface area contributed by atoms with Gasteiger partial charge in [0.15, 0.2) is 5.69 Å². The molecular weight excluding hydrogens is 392 g/mol. The summed E-state index contributed by atoms with van der Waals surface area (Å²) in [5.41, 5.74) is 7.23. The van der Waals surface area contributed by atoms with Crippen molar-refractivity contribution in [2.45, 2.75) is 50.4 Å². The lowest BCUT2D eigenvalue weighted by atomic mass is 9.95. The van der Waals surface area contributed by atoms with Crippen LogP contribution in [0.2, 0.25) is 0 Å². The van der Waals surface area contributed by atoms with Gasteiger partial charge in [-0.15, -0.1) is 0 Å². The molecule has 2 fully saturated rings. The Morgan fingerprint density at radius 2 is 1.88 bits per heavy atom. The van der Waals surface area contributed by atoms with Crippen LogP contribution in [0.25, 0.3) is 5.69 Å². The Balaban J connectivity index is 1.54. The number of aromatic nitrogens is 2.